The summed E-state index contributed by atoms with van der Waals surface area (Å²) in [6.07, 6.45) is 0.0311. The Kier molecular flexibility index (Phi) is 4.61. The summed E-state index contributed by atoms with van der Waals surface area (Å²) in [6.45, 7) is 0. The average Bonchev–Trinajstić information content (AvgIpc) is 2.36. The van der Waals surface area contributed by atoms with Crippen molar-refractivity contribution in [2.45, 2.75) is 6.42 Å². The van der Waals surface area contributed by atoms with Gasteiger partial charge in [0.25, 0.3) is 0 Å². The van der Waals surface area contributed by atoms with Gasteiger partial charge < -0.3 is 0 Å². The number of hydrogen-bond acceptors (Lipinski definition) is 1. The predicted octanol–water partition coefficient (Wildman–Crippen LogP) is 5.32. The molecule has 1 nitrogen and oxygen atoms in total. The van der Waals surface area contributed by atoms with Gasteiger partial charge in [-0.2, -0.15) is 0 Å². The first-order chi connectivity index (χ1) is 8.99. The van der Waals surface area contributed by atoms with E-state index in [2.05, 4.69) is 15.9 Å². The zero-order valence-electron chi connectivity index (χ0n) is 9.59. The fourth-order valence-corrected chi connectivity index (χ4v) is 2.49. The monoisotopic (exact) mass is 360 g/mol. The van der Waals surface area contributed by atoms with Crippen molar-refractivity contribution in [3.63, 3.8) is 0 Å². The quantitative estimate of drug-likeness (QED) is 0.676. The minimum Gasteiger partial charge on any atom is -0.294 e. The van der Waals surface area contributed by atoms with E-state index in [4.69, 9.17) is 23.2 Å². The molecule has 0 atom stereocenters. The molecule has 0 aromatic heterocycles. The fourth-order valence-electron chi connectivity index (χ4n) is 1.65. The van der Waals surface area contributed by atoms with Crippen LogP contribution in [0.25, 0.3) is 0 Å². The van der Waals surface area contributed by atoms with E-state index in [1.54, 1.807) is 30.3 Å². The van der Waals surface area contributed by atoms with Crippen molar-refractivity contribution in [3.05, 3.63) is 67.9 Å². The summed E-state index contributed by atoms with van der Waals surface area (Å²) < 4.78 is 14.1. The Bertz CT molecular complexity index is 643. The molecular weight excluding hydrogens is 354 g/mol. The van der Waals surface area contributed by atoms with Gasteiger partial charge in [-0.15, -0.1) is 0 Å². The third-order valence-electron chi connectivity index (χ3n) is 2.62. The number of benzene rings is 2. The van der Waals surface area contributed by atoms with E-state index in [-0.39, 0.29) is 22.2 Å². The number of halogens is 4. The molecule has 0 aliphatic carbocycles. The highest BCUT2D eigenvalue weighted by Gasteiger charge is 2.15. The van der Waals surface area contributed by atoms with Crippen LogP contribution in [0.3, 0.4) is 0 Å². The second-order valence-corrected chi connectivity index (χ2v) is 5.64. The second-order valence-electron chi connectivity index (χ2n) is 3.94. The first-order valence-corrected chi connectivity index (χ1v) is 6.95. The molecule has 0 saturated carbocycles. The normalized spacial score (nSPS) is 10.5. The van der Waals surface area contributed by atoms with Crippen LogP contribution in [0.4, 0.5) is 4.39 Å². The van der Waals surface area contributed by atoms with Crippen molar-refractivity contribution in [1.29, 1.82) is 0 Å². The van der Waals surface area contributed by atoms with Gasteiger partial charge in [-0.3, -0.25) is 4.79 Å². The Morgan fingerprint density at radius 1 is 1.21 bits per heavy atom. The summed E-state index contributed by atoms with van der Waals surface area (Å²) in [5.41, 5.74) is 0.663. The molecule has 0 bridgehead atoms. The van der Waals surface area contributed by atoms with Crippen LogP contribution in [0, 0.1) is 5.82 Å². The maximum Gasteiger partial charge on any atom is 0.170 e. The first-order valence-electron chi connectivity index (χ1n) is 5.40. The lowest BCUT2D eigenvalue weighted by molar-refractivity contribution is 0.0989. The van der Waals surface area contributed by atoms with Crippen molar-refractivity contribution >= 4 is 44.9 Å². The average molecular weight is 362 g/mol. The van der Waals surface area contributed by atoms with E-state index < -0.39 is 5.82 Å². The van der Waals surface area contributed by atoms with Crippen LogP contribution in [0.5, 0.6) is 0 Å². The summed E-state index contributed by atoms with van der Waals surface area (Å²) in [7, 11) is 0. The Hall–Kier alpha value is -0.900. The summed E-state index contributed by atoms with van der Waals surface area (Å²) in [4.78, 5) is 12.1. The highest BCUT2D eigenvalue weighted by Crippen LogP contribution is 2.24. The van der Waals surface area contributed by atoms with Crippen molar-refractivity contribution in [2.24, 2.45) is 0 Å². The smallest absolute Gasteiger partial charge is 0.170 e. The van der Waals surface area contributed by atoms with Crippen LogP contribution in [0.2, 0.25) is 10.0 Å². The molecule has 98 valence electrons. The lowest BCUT2D eigenvalue weighted by Gasteiger charge is -2.06. The number of Topliss-reactive ketones (excluding diaryl/α,β-unsaturated/α-hetero) is 1. The summed E-state index contributed by atoms with van der Waals surface area (Å²) in [6, 6.07) is 9.48. The molecule has 0 amide bonds. The molecule has 2 aromatic rings. The molecule has 0 fully saturated rings. The highest BCUT2D eigenvalue weighted by atomic mass is 79.9. The van der Waals surface area contributed by atoms with E-state index in [9.17, 15) is 9.18 Å². The van der Waals surface area contributed by atoms with Gasteiger partial charge in [-0.05, 0) is 45.8 Å². The van der Waals surface area contributed by atoms with Crippen LogP contribution < -0.4 is 0 Å². The minimum absolute atomic E-state index is 0.0311. The Morgan fingerprint density at radius 3 is 2.63 bits per heavy atom. The fraction of sp³-hybridized carbons (Fsp3) is 0.0714. The van der Waals surface area contributed by atoms with E-state index in [1.807, 2.05) is 0 Å². The van der Waals surface area contributed by atoms with E-state index in [0.29, 0.717) is 15.6 Å². The molecule has 2 rings (SSSR count). The summed E-state index contributed by atoms with van der Waals surface area (Å²) >= 11 is 14.8. The SMILES string of the molecule is O=C(Cc1ccc(Cl)cc1Cl)c1cccc(Br)c1F. The van der Waals surface area contributed by atoms with Crippen molar-refractivity contribution in [1.82, 2.24) is 0 Å². The zero-order chi connectivity index (χ0) is 14.0. The molecule has 0 aliphatic heterocycles. The van der Waals surface area contributed by atoms with Crippen LogP contribution >= 0.6 is 39.1 Å². The maximum absolute atomic E-state index is 13.8. The Morgan fingerprint density at radius 2 is 1.95 bits per heavy atom. The van der Waals surface area contributed by atoms with Gasteiger partial charge in [0.05, 0.1) is 10.0 Å². The van der Waals surface area contributed by atoms with E-state index in [1.165, 1.54) is 6.07 Å². The number of hydrogen-bond donors (Lipinski definition) is 0. The van der Waals surface area contributed by atoms with Gasteiger partial charge in [-0.1, -0.05) is 35.3 Å². The van der Waals surface area contributed by atoms with Crippen molar-refractivity contribution in [2.75, 3.05) is 0 Å². The molecule has 0 heterocycles. The Labute approximate surface area is 128 Å². The van der Waals surface area contributed by atoms with E-state index in [0.717, 1.165) is 0 Å². The molecule has 0 aliphatic rings. The first kappa shape index (κ1) is 14.5. The van der Waals surface area contributed by atoms with Gasteiger partial charge in [0.1, 0.15) is 5.82 Å². The number of carbonyl (C=O) groups is 1. The third-order valence-corrected chi connectivity index (χ3v) is 3.82. The van der Waals surface area contributed by atoms with E-state index >= 15 is 0 Å². The second kappa shape index (κ2) is 6.04. The minimum atomic E-state index is -0.558. The number of ketones is 1. The largest absolute Gasteiger partial charge is 0.294 e. The molecule has 5 heteroatoms. The van der Waals surface area contributed by atoms with Crippen LogP contribution in [-0.4, -0.2) is 5.78 Å². The van der Waals surface area contributed by atoms with Crippen LogP contribution in [-0.2, 0) is 6.42 Å². The molecule has 0 saturated heterocycles. The van der Waals surface area contributed by atoms with Gasteiger partial charge in [0.15, 0.2) is 5.78 Å². The third kappa shape index (κ3) is 3.35. The van der Waals surface area contributed by atoms with Gasteiger partial charge in [0, 0.05) is 16.5 Å². The maximum atomic E-state index is 13.8. The standard InChI is InChI=1S/C14H8BrCl2FO/c15-11-3-1-2-10(14(11)18)13(19)6-8-4-5-9(16)7-12(8)17/h1-5,7H,6H2. The Balaban J connectivity index is 2.28. The molecule has 2 aromatic carbocycles. The van der Waals surface area contributed by atoms with Gasteiger partial charge in [-0.25, -0.2) is 4.39 Å². The van der Waals surface area contributed by atoms with Crippen molar-refractivity contribution in [3.8, 4) is 0 Å². The molecule has 0 spiro atoms. The van der Waals surface area contributed by atoms with Crippen LogP contribution in [0.15, 0.2) is 40.9 Å². The molecule has 0 unspecified atom stereocenters. The van der Waals surface area contributed by atoms with Gasteiger partial charge >= 0.3 is 0 Å². The molecule has 0 radical (unpaired) electrons. The molecular formula is C14H8BrCl2FO. The van der Waals surface area contributed by atoms with Crippen LogP contribution in [0.1, 0.15) is 15.9 Å². The lowest BCUT2D eigenvalue weighted by Crippen LogP contribution is -2.07. The molecule has 0 N–H and O–H groups in total. The number of rotatable bonds is 3. The molecule has 19 heavy (non-hydrogen) atoms. The highest BCUT2D eigenvalue weighted by molar-refractivity contribution is 9.10. The zero-order valence-corrected chi connectivity index (χ0v) is 12.7. The van der Waals surface area contributed by atoms with Crippen molar-refractivity contribution < 1.29 is 9.18 Å². The topological polar surface area (TPSA) is 17.1 Å². The lowest BCUT2D eigenvalue weighted by atomic mass is 10.0. The van der Waals surface area contributed by atoms with Gasteiger partial charge in [0.2, 0.25) is 0 Å². The predicted molar refractivity (Wildman–Crippen MR) is 78.6 cm³/mol. The number of carbonyl (C=O) groups excluding carboxylic acids is 1. The summed E-state index contributed by atoms with van der Waals surface area (Å²) in [5, 5.41) is 0.895. The summed E-state index contributed by atoms with van der Waals surface area (Å²) in [5.74, 6) is -0.888.